The molecule has 2 heteroatoms. The van der Waals surface area contributed by atoms with Crippen molar-refractivity contribution in [1.82, 2.24) is 5.32 Å². The molecule has 1 heterocycles. The molecule has 0 radical (unpaired) electrons. The second kappa shape index (κ2) is 4.84. The van der Waals surface area contributed by atoms with Gasteiger partial charge in [0.1, 0.15) is 0 Å². The number of hydrogen-bond acceptors (Lipinski definition) is 2. The molecule has 1 saturated heterocycles. The summed E-state index contributed by atoms with van der Waals surface area (Å²) < 4.78 is 6.32. The lowest BCUT2D eigenvalue weighted by Gasteiger charge is -2.46. The van der Waals surface area contributed by atoms with Gasteiger partial charge in [-0.2, -0.15) is 0 Å². The molecule has 1 rings (SSSR count). The highest BCUT2D eigenvalue weighted by atomic mass is 16.5. The van der Waals surface area contributed by atoms with E-state index in [1.165, 1.54) is 12.8 Å². The number of nitrogens with one attached hydrogen (secondary N) is 1. The third-order valence-corrected chi connectivity index (χ3v) is 3.55. The number of morpholine rings is 1. The summed E-state index contributed by atoms with van der Waals surface area (Å²) in [6, 6.07) is 0. The van der Waals surface area contributed by atoms with E-state index in [4.69, 9.17) is 4.74 Å². The second-order valence-corrected chi connectivity index (χ2v) is 5.72. The van der Waals surface area contributed by atoms with Gasteiger partial charge in [0, 0.05) is 13.1 Å². The average molecular weight is 213 g/mol. The number of ether oxygens (including phenoxy) is 1. The zero-order valence-electron chi connectivity index (χ0n) is 11.0. The Morgan fingerprint density at radius 3 is 2.40 bits per heavy atom. The minimum Gasteiger partial charge on any atom is -0.366 e. The maximum absolute atomic E-state index is 6.32. The van der Waals surface area contributed by atoms with E-state index in [9.17, 15) is 0 Å². The normalized spacial score (nSPS) is 32.6. The van der Waals surface area contributed by atoms with Gasteiger partial charge in [0.2, 0.25) is 0 Å². The molecule has 0 amide bonds. The molecule has 0 aromatic heterocycles. The Bertz CT molecular complexity index is 203. The fourth-order valence-corrected chi connectivity index (χ4v) is 2.48. The molecule has 2 unspecified atom stereocenters. The summed E-state index contributed by atoms with van der Waals surface area (Å²) in [6.07, 6.45) is 3.52. The van der Waals surface area contributed by atoms with Gasteiger partial charge < -0.3 is 10.1 Å². The van der Waals surface area contributed by atoms with E-state index in [1.807, 2.05) is 0 Å². The van der Waals surface area contributed by atoms with E-state index < -0.39 is 0 Å². The number of hydrogen-bond donors (Lipinski definition) is 1. The summed E-state index contributed by atoms with van der Waals surface area (Å²) in [5.41, 5.74) is 0.0545. The van der Waals surface area contributed by atoms with Crippen LogP contribution in [-0.2, 0) is 4.74 Å². The molecular formula is C13H27NO. The third-order valence-electron chi connectivity index (χ3n) is 3.55. The van der Waals surface area contributed by atoms with Gasteiger partial charge in [-0.25, -0.2) is 0 Å². The van der Waals surface area contributed by atoms with Crippen LogP contribution in [0.5, 0.6) is 0 Å². The monoisotopic (exact) mass is 213 g/mol. The van der Waals surface area contributed by atoms with Crippen LogP contribution in [0.1, 0.15) is 53.9 Å². The minimum atomic E-state index is -0.0122. The fraction of sp³-hybridized carbons (Fsp3) is 1.00. The molecule has 0 aliphatic carbocycles. The maximum atomic E-state index is 6.32. The Hall–Kier alpha value is -0.0800. The fourth-order valence-electron chi connectivity index (χ4n) is 2.48. The first-order valence-electron chi connectivity index (χ1n) is 6.34. The van der Waals surface area contributed by atoms with Crippen LogP contribution < -0.4 is 5.32 Å². The van der Waals surface area contributed by atoms with Gasteiger partial charge in [-0.05, 0) is 32.6 Å². The van der Waals surface area contributed by atoms with Crippen molar-refractivity contribution in [3.05, 3.63) is 0 Å². The third kappa shape index (κ3) is 3.46. The SMILES string of the molecule is CCC(C)CC1(CC)CNCC(C)(C)O1. The molecule has 1 aliphatic rings. The lowest BCUT2D eigenvalue weighted by atomic mass is 9.85. The molecule has 0 saturated carbocycles. The van der Waals surface area contributed by atoms with Crippen LogP contribution in [0, 0.1) is 5.92 Å². The molecule has 0 aromatic rings. The highest BCUT2D eigenvalue weighted by molar-refractivity contribution is 4.92. The lowest BCUT2D eigenvalue weighted by Crippen LogP contribution is -2.58. The van der Waals surface area contributed by atoms with Crippen LogP contribution in [-0.4, -0.2) is 24.3 Å². The van der Waals surface area contributed by atoms with Gasteiger partial charge in [0.15, 0.2) is 0 Å². The Balaban J connectivity index is 2.66. The van der Waals surface area contributed by atoms with Crippen molar-refractivity contribution < 1.29 is 4.74 Å². The second-order valence-electron chi connectivity index (χ2n) is 5.72. The lowest BCUT2D eigenvalue weighted by molar-refractivity contribution is -0.171. The molecule has 2 atom stereocenters. The molecule has 0 aromatic carbocycles. The van der Waals surface area contributed by atoms with Crippen LogP contribution in [0.15, 0.2) is 0 Å². The molecular weight excluding hydrogens is 186 g/mol. The predicted molar refractivity (Wildman–Crippen MR) is 65.1 cm³/mol. The van der Waals surface area contributed by atoms with Crippen molar-refractivity contribution in [2.24, 2.45) is 5.92 Å². The van der Waals surface area contributed by atoms with E-state index in [1.54, 1.807) is 0 Å². The van der Waals surface area contributed by atoms with Crippen LogP contribution in [0.4, 0.5) is 0 Å². The molecule has 0 bridgehead atoms. The summed E-state index contributed by atoms with van der Waals surface area (Å²) in [6.45, 7) is 13.2. The standard InChI is InChI=1S/C13H27NO/c1-6-11(3)8-13(7-2)10-14-9-12(4,5)15-13/h11,14H,6-10H2,1-5H3. The quantitative estimate of drug-likeness (QED) is 0.775. The average Bonchev–Trinajstić information content (AvgIpc) is 2.16. The van der Waals surface area contributed by atoms with E-state index >= 15 is 0 Å². The van der Waals surface area contributed by atoms with E-state index in [0.29, 0.717) is 0 Å². The van der Waals surface area contributed by atoms with Crippen molar-refractivity contribution in [2.75, 3.05) is 13.1 Å². The van der Waals surface area contributed by atoms with Gasteiger partial charge >= 0.3 is 0 Å². The summed E-state index contributed by atoms with van der Waals surface area (Å²) in [7, 11) is 0. The maximum Gasteiger partial charge on any atom is 0.0814 e. The smallest absolute Gasteiger partial charge is 0.0814 e. The molecule has 90 valence electrons. The van der Waals surface area contributed by atoms with Gasteiger partial charge in [-0.1, -0.05) is 27.2 Å². The summed E-state index contributed by atoms with van der Waals surface area (Å²) >= 11 is 0. The zero-order valence-corrected chi connectivity index (χ0v) is 11.0. The zero-order chi connectivity index (χ0) is 11.5. The first kappa shape index (κ1) is 13.0. The van der Waals surface area contributed by atoms with Gasteiger partial charge in [0.25, 0.3) is 0 Å². The predicted octanol–water partition coefficient (Wildman–Crippen LogP) is 2.97. The molecule has 15 heavy (non-hydrogen) atoms. The van der Waals surface area contributed by atoms with E-state index in [2.05, 4.69) is 39.9 Å². The first-order valence-corrected chi connectivity index (χ1v) is 6.34. The molecule has 2 nitrogen and oxygen atoms in total. The van der Waals surface area contributed by atoms with E-state index in [-0.39, 0.29) is 11.2 Å². The van der Waals surface area contributed by atoms with E-state index in [0.717, 1.165) is 25.4 Å². The van der Waals surface area contributed by atoms with Gasteiger partial charge in [-0.15, -0.1) is 0 Å². The van der Waals surface area contributed by atoms with Crippen molar-refractivity contribution in [3.63, 3.8) is 0 Å². The Kier molecular flexibility index (Phi) is 4.19. The molecule has 1 N–H and O–H groups in total. The molecule has 1 fully saturated rings. The number of rotatable bonds is 4. The van der Waals surface area contributed by atoms with Crippen LogP contribution in [0.2, 0.25) is 0 Å². The summed E-state index contributed by atoms with van der Waals surface area (Å²) in [5.74, 6) is 0.751. The molecule has 0 spiro atoms. The molecule has 1 aliphatic heterocycles. The summed E-state index contributed by atoms with van der Waals surface area (Å²) in [4.78, 5) is 0. The van der Waals surface area contributed by atoms with Crippen LogP contribution >= 0.6 is 0 Å². The minimum absolute atomic E-state index is 0.0122. The largest absolute Gasteiger partial charge is 0.366 e. The van der Waals surface area contributed by atoms with Crippen molar-refractivity contribution in [3.8, 4) is 0 Å². The van der Waals surface area contributed by atoms with Gasteiger partial charge in [0.05, 0.1) is 11.2 Å². The summed E-state index contributed by atoms with van der Waals surface area (Å²) in [5, 5.41) is 3.52. The topological polar surface area (TPSA) is 21.3 Å². The van der Waals surface area contributed by atoms with Crippen molar-refractivity contribution in [1.29, 1.82) is 0 Å². The Labute approximate surface area is 94.8 Å². The van der Waals surface area contributed by atoms with Crippen LogP contribution in [0.3, 0.4) is 0 Å². The van der Waals surface area contributed by atoms with Gasteiger partial charge in [-0.3, -0.25) is 0 Å². The van der Waals surface area contributed by atoms with Crippen molar-refractivity contribution in [2.45, 2.75) is 65.1 Å². The van der Waals surface area contributed by atoms with Crippen LogP contribution in [0.25, 0.3) is 0 Å². The Morgan fingerprint density at radius 2 is 1.93 bits per heavy atom. The highest BCUT2D eigenvalue weighted by Crippen LogP contribution is 2.33. The van der Waals surface area contributed by atoms with Crippen molar-refractivity contribution >= 4 is 0 Å². The highest BCUT2D eigenvalue weighted by Gasteiger charge is 2.39. The Morgan fingerprint density at radius 1 is 1.27 bits per heavy atom. The first-order chi connectivity index (χ1) is 6.93.